The number of hydrogen-bond acceptors (Lipinski definition) is 4. The number of morpholine rings is 1. The van der Waals surface area contributed by atoms with Crippen molar-refractivity contribution in [3.63, 3.8) is 0 Å². The highest BCUT2D eigenvalue weighted by molar-refractivity contribution is 7.89. The summed E-state index contributed by atoms with van der Waals surface area (Å²) in [4.78, 5) is 15.4. The second kappa shape index (κ2) is 9.76. The molecule has 0 radical (unpaired) electrons. The summed E-state index contributed by atoms with van der Waals surface area (Å²) in [6.45, 7) is 9.80. The second-order valence-electron chi connectivity index (χ2n) is 9.35. The van der Waals surface area contributed by atoms with Crippen LogP contribution in [0.1, 0.15) is 35.0 Å². The Kier molecular flexibility index (Phi) is 6.79. The molecule has 5 rings (SSSR count). The first-order chi connectivity index (χ1) is 17.6. The van der Waals surface area contributed by atoms with Gasteiger partial charge in [0.15, 0.2) is 0 Å². The minimum absolute atomic E-state index is 0.137. The lowest BCUT2D eigenvalue weighted by Crippen LogP contribution is -2.40. The SMILES string of the molecule is CCN1C(=O)C(=Cc2cc(C)n(-c3cccc(Cl)c3C)c2C)c2cc(S(=O)(=O)N3CCOCC3)ccc21. The number of halogens is 1. The highest BCUT2D eigenvalue weighted by atomic mass is 35.5. The van der Waals surface area contributed by atoms with Crippen LogP contribution in [-0.2, 0) is 19.6 Å². The molecule has 7 nitrogen and oxygen atoms in total. The molecule has 1 amide bonds. The average Bonchev–Trinajstić information content (AvgIpc) is 3.32. The number of likely N-dealkylation sites (N-methyl/N-ethyl adjacent to an activating group) is 1. The van der Waals surface area contributed by atoms with Gasteiger partial charge in [-0.2, -0.15) is 4.31 Å². The van der Waals surface area contributed by atoms with Gasteiger partial charge >= 0.3 is 0 Å². The molecular formula is C28H30ClN3O4S. The van der Waals surface area contributed by atoms with Crippen molar-refractivity contribution in [3.8, 4) is 5.69 Å². The molecule has 3 heterocycles. The number of carbonyl (C=O) groups excluding carboxylic acids is 1. The maximum atomic E-state index is 13.5. The van der Waals surface area contributed by atoms with Crippen LogP contribution in [0, 0.1) is 20.8 Å². The molecular weight excluding hydrogens is 510 g/mol. The first-order valence-corrected chi connectivity index (χ1v) is 14.2. The number of aromatic nitrogens is 1. The third-order valence-electron chi connectivity index (χ3n) is 7.20. The third kappa shape index (κ3) is 4.32. The van der Waals surface area contributed by atoms with Crippen LogP contribution in [0.4, 0.5) is 5.69 Å². The fourth-order valence-electron chi connectivity index (χ4n) is 5.18. The molecule has 0 aliphatic carbocycles. The lowest BCUT2D eigenvalue weighted by molar-refractivity contribution is -0.112. The van der Waals surface area contributed by atoms with Gasteiger partial charge in [0, 0.05) is 52.9 Å². The fraction of sp³-hybridized carbons (Fsp3) is 0.321. The molecule has 1 aromatic heterocycles. The lowest BCUT2D eigenvalue weighted by Gasteiger charge is -2.26. The number of rotatable bonds is 5. The Hall–Kier alpha value is -2.91. The molecule has 2 aliphatic rings. The van der Waals surface area contributed by atoms with Gasteiger partial charge in [-0.1, -0.05) is 17.7 Å². The third-order valence-corrected chi connectivity index (χ3v) is 9.50. The van der Waals surface area contributed by atoms with Gasteiger partial charge in [0.2, 0.25) is 10.0 Å². The summed E-state index contributed by atoms with van der Waals surface area (Å²) in [5, 5.41) is 0.692. The standard InChI is InChI=1S/C28H30ClN3O4S/c1-5-31-27-10-9-22(37(34,35)30-11-13-36-14-12-30)17-23(27)24(28(31)33)16-21-15-18(2)32(20(21)4)26-8-6-7-25(29)19(26)3/h6-10,15-17H,5,11-14H2,1-4H3. The number of fused-ring (bicyclic) bond motifs is 1. The molecule has 9 heteroatoms. The highest BCUT2D eigenvalue weighted by Gasteiger charge is 2.34. The molecule has 0 N–H and O–H groups in total. The molecule has 1 fully saturated rings. The van der Waals surface area contributed by atoms with Crippen LogP contribution in [0.15, 0.2) is 47.4 Å². The predicted molar refractivity (Wildman–Crippen MR) is 147 cm³/mol. The number of anilines is 1. The topological polar surface area (TPSA) is 71.9 Å². The lowest BCUT2D eigenvalue weighted by atomic mass is 10.0. The zero-order valence-corrected chi connectivity index (χ0v) is 23.0. The number of amides is 1. The molecule has 194 valence electrons. The van der Waals surface area contributed by atoms with E-state index in [0.717, 1.165) is 33.9 Å². The monoisotopic (exact) mass is 539 g/mol. The molecule has 0 saturated carbocycles. The van der Waals surface area contributed by atoms with Gasteiger partial charge in [-0.15, -0.1) is 0 Å². The van der Waals surface area contributed by atoms with Crippen LogP contribution in [-0.4, -0.2) is 56.0 Å². The van der Waals surface area contributed by atoms with E-state index in [1.165, 1.54) is 4.31 Å². The normalized spacial score (nSPS) is 17.6. The van der Waals surface area contributed by atoms with Crippen LogP contribution in [0.3, 0.4) is 0 Å². The average molecular weight is 540 g/mol. The Morgan fingerprint density at radius 2 is 1.76 bits per heavy atom. The van der Waals surface area contributed by atoms with E-state index in [0.29, 0.717) is 49.0 Å². The summed E-state index contributed by atoms with van der Waals surface area (Å²) in [6, 6.07) is 12.8. The summed E-state index contributed by atoms with van der Waals surface area (Å²) in [5.74, 6) is -0.137. The van der Waals surface area contributed by atoms with Crippen LogP contribution in [0.2, 0.25) is 5.02 Å². The molecule has 0 bridgehead atoms. The number of aryl methyl sites for hydroxylation is 1. The molecule has 37 heavy (non-hydrogen) atoms. The van der Waals surface area contributed by atoms with E-state index < -0.39 is 10.0 Å². The van der Waals surface area contributed by atoms with Crippen LogP contribution >= 0.6 is 11.6 Å². The number of benzene rings is 2. The Morgan fingerprint density at radius 1 is 1.03 bits per heavy atom. The quantitative estimate of drug-likeness (QED) is 0.428. The Bertz CT molecular complexity index is 1530. The molecule has 2 aliphatic heterocycles. The smallest absolute Gasteiger partial charge is 0.258 e. The largest absolute Gasteiger partial charge is 0.379 e. The Labute approximate surface area is 223 Å². The van der Waals surface area contributed by atoms with Gasteiger partial charge in [-0.25, -0.2) is 8.42 Å². The van der Waals surface area contributed by atoms with Crippen molar-refractivity contribution in [3.05, 3.63) is 75.6 Å². The van der Waals surface area contributed by atoms with Crippen LogP contribution in [0.25, 0.3) is 17.3 Å². The van der Waals surface area contributed by atoms with Gasteiger partial charge in [0.25, 0.3) is 5.91 Å². The number of sulfonamides is 1. The van der Waals surface area contributed by atoms with Gasteiger partial charge < -0.3 is 14.2 Å². The van der Waals surface area contributed by atoms with Gasteiger partial charge in [0.1, 0.15) is 0 Å². The number of nitrogens with zero attached hydrogens (tertiary/aromatic N) is 3. The first-order valence-electron chi connectivity index (χ1n) is 12.4. The van der Waals surface area contributed by atoms with Crippen LogP contribution < -0.4 is 4.90 Å². The fourth-order valence-corrected chi connectivity index (χ4v) is 6.79. The van der Waals surface area contributed by atoms with E-state index in [-0.39, 0.29) is 10.8 Å². The minimum atomic E-state index is -3.70. The van der Waals surface area contributed by atoms with Crippen molar-refractivity contribution in [1.29, 1.82) is 0 Å². The molecule has 3 aromatic rings. The zero-order valence-electron chi connectivity index (χ0n) is 21.4. The maximum Gasteiger partial charge on any atom is 0.258 e. The predicted octanol–water partition coefficient (Wildman–Crippen LogP) is 4.98. The summed E-state index contributed by atoms with van der Waals surface area (Å²) < 4.78 is 35.6. The van der Waals surface area contributed by atoms with E-state index in [1.54, 1.807) is 23.1 Å². The highest BCUT2D eigenvalue weighted by Crippen LogP contribution is 2.40. The summed E-state index contributed by atoms with van der Waals surface area (Å²) in [5.41, 5.74) is 6.67. The van der Waals surface area contributed by atoms with Gasteiger partial charge in [0.05, 0.1) is 23.8 Å². The molecule has 0 unspecified atom stereocenters. The van der Waals surface area contributed by atoms with Crippen molar-refractivity contribution in [2.24, 2.45) is 0 Å². The Balaban J connectivity index is 1.62. The summed E-state index contributed by atoms with van der Waals surface area (Å²) >= 11 is 6.39. The van der Waals surface area contributed by atoms with E-state index in [4.69, 9.17) is 16.3 Å². The molecule has 2 aromatic carbocycles. The summed E-state index contributed by atoms with van der Waals surface area (Å²) in [7, 11) is -3.70. The van der Waals surface area contributed by atoms with E-state index in [1.807, 2.05) is 58.0 Å². The minimum Gasteiger partial charge on any atom is -0.379 e. The van der Waals surface area contributed by atoms with E-state index >= 15 is 0 Å². The van der Waals surface area contributed by atoms with E-state index in [9.17, 15) is 13.2 Å². The number of carbonyl (C=O) groups is 1. The molecule has 0 spiro atoms. The molecule has 1 saturated heterocycles. The second-order valence-corrected chi connectivity index (χ2v) is 11.7. The first kappa shape index (κ1) is 25.7. The van der Waals surface area contributed by atoms with Gasteiger partial charge in [-0.05, 0) is 81.3 Å². The zero-order chi connectivity index (χ0) is 26.5. The number of hydrogen-bond donors (Lipinski definition) is 0. The van der Waals surface area contributed by atoms with Crippen LogP contribution in [0.5, 0.6) is 0 Å². The Morgan fingerprint density at radius 3 is 2.46 bits per heavy atom. The molecule has 0 atom stereocenters. The number of ether oxygens (including phenoxy) is 1. The van der Waals surface area contributed by atoms with E-state index in [2.05, 4.69) is 4.57 Å². The van der Waals surface area contributed by atoms with Crippen molar-refractivity contribution in [1.82, 2.24) is 8.87 Å². The summed E-state index contributed by atoms with van der Waals surface area (Å²) in [6.07, 6.45) is 1.88. The van der Waals surface area contributed by atoms with Crippen molar-refractivity contribution < 1.29 is 17.9 Å². The van der Waals surface area contributed by atoms with Crippen molar-refractivity contribution >= 4 is 44.9 Å². The van der Waals surface area contributed by atoms with Crippen molar-refractivity contribution in [2.45, 2.75) is 32.6 Å². The van der Waals surface area contributed by atoms with Crippen molar-refractivity contribution in [2.75, 3.05) is 37.7 Å². The maximum absolute atomic E-state index is 13.5. The van der Waals surface area contributed by atoms with Gasteiger partial charge in [-0.3, -0.25) is 4.79 Å².